The average Bonchev–Trinajstić information content (AvgIpc) is 3.12. The highest BCUT2D eigenvalue weighted by atomic mass is 32.1. The van der Waals surface area contributed by atoms with Crippen molar-refractivity contribution < 1.29 is 29.0 Å². The van der Waals surface area contributed by atoms with Crippen LogP contribution in [0.4, 0.5) is 5.00 Å². The van der Waals surface area contributed by atoms with Gasteiger partial charge in [0.2, 0.25) is 0 Å². The van der Waals surface area contributed by atoms with Gasteiger partial charge in [0.25, 0.3) is 0 Å². The van der Waals surface area contributed by atoms with Crippen molar-refractivity contribution in [3.8, 4) is 11.5 Å². The molecule has 0 saturated heterocycles. The topological polar surface area (TPSA) is 126 Å². The van der Waals surface area contributed by atoms with Crippen LogP contribution in [-0.4, -0.2) is 42.3 Å². The predicted octanol–water partition coefficient (Wildman–Crippen LogP) is 3.24. The lowest BCUT2D eigenvalue weighted by Gasteiger charge is -2.18. The number of hydrogen-bond acceptors (Lipinski definition) is 8. The van der Waals surface area contributed by atoms with Gasteiger partial charge in [0.05, 0.1) is 25.0 Å². The lowest BCUT2D eigenvalue weighted by molar-refractivity contribution is -0.136. The van der Waals surface area contributed by atoms with Crippen molar-refractivity contribution in [2.75, 3.05) is 18.5 Å². The van der Waals surface area contributed by atoms with Gasteiger partial charge in [-0.05, 0) is 68.4 Å². The molecule has 1 aromatic carbocycles. The quantitative estimate of drug-likeness (QED) is 0.245. The summed E-state index contributed by atoms with van der Waals surface area (Å²) in [5.74, 6) is -1.67. The Morgan fingerprint density at radius 1 is 1.24 bits per heavy atom. The number of esters is 1. The van der Waals surface area contributed by atoms with Crippen molar-refractivity contribution in [1.29, 1.82) is 0 Å². The first-order valence-corrected chi connectivity index (χ1v) is 11.6. The van der Waals surface area contributed by atoms with Gasteiger partial charge in [-0.15, -0.1) is 11.3 Å². The molecule has 3 N–H and O–H groups in total. The number of rotatable bonds is 7. The summed E-state index contributed by atoms with van der Waals surface area (Å²) in [6.45, 7) is 6.24. The second-order valence-corrected chi connectivity index (χ2v) is 8.69. The summed E-state index contributed by atoms with van der Waals surface area (Å²) in [6, 6.07) is 4.57. The molecule has 2 amide bonds. The number of aromatic hydroxyl groups is 1. The Balaban J connectivity index is 1.70. The number of nitrogens with zero attached hydrogens (tertiary/aromatic N) is 1. The number of phenolic OH excluding ortho intramolecular Hbond substituents is 1. The van der Waals surface area contributed by atoms with Crippen LogP contribution >= 0.6 is 11.3 Å². The zero-order valence-electron chi connectivity index (χ0n) is 18.8. The Kier molecular flexibility index (Phi) is 8.05. The molecule has 9 nitrogen and oxygen atoms in total. The molecule has 10 heteroatoms. The normalized spacial score (nSPS) is 15.1. The van der Waals surface area contributed by atoms with Crippen molar-refractivity contribution in [2.45, 2.75) is 40.0 Å². The minimum absolute atomic E-state index is 0.0112. The van der Waals surface area contributed by atoms with E-state index in [1.807, 2.05) is 0 Å². The SMILES string of the molecule is CCOC(=O)c1c(NC(=O)C(=O)N/N=C\c2ccc(O)c(OCC)c2)sc2c1CC[C@@H](C)C2. The first-order chi connectivity index (χ1) is 15.8. The molecule has 1 heterocycles. The van der Waals surface area contributed by atoms with Gasteiger partial charge in [-0.25, -0.2) is 10.2 Å². The van der Waals surface area contributed by atoms with Crippen molar-refractivity contribution in [2.24, 2.45) is 11.0 Å². The second kappa shape index (κ2) is 11.0. The summed E-state index contributed by atoms with van der Waals surface area (Å²) < 4.78 is 10.5. The number of phenols is 1. The molecule has 1 aliphatic rings. The van der Waals surface area contributed by atoms with E-state index in [0.717, 1.165) is 29.7 Å². The van der Waals surface area contributed by atoms with E-state index in [1.165, 1.54) is 23.6 Å². The molecule has 33 heavy (non-hydrogen) atoms. The van der Waals surface area contributed by atoms with Crippen LogP contribution < -0.4 is 15.5 Å². The number of carbonyl (C=O) groups is 3. The summed E-state index contributed by atoms with van der Waals surface area (Å²) in [6.07, 6.45) is 3.81. The number of thiophene rings is 1. The molecular formula is C23H27N3O6S. The molecule has 3 rings (SSSR count). The van der Waals surface area contributed by atoms with Gasteiger partial charge in [-0.3, -0.25) is 9.59 Å². The molecule has 0 saturated carbocycles. The Morgan fingerprint density at radius 2 is 2.03 bits per heavy atom. The van der Waals surface area contributed by atoms with E-state index in [4.69, 9.17) is 9.47 Å². The van der Waals surface area contributed by atoms with Crippen LogP contribution in [0.2, 0.25) is 0 Å². The third kappa shape index (κ3) is 5.89. The molecule has 0 spiro atoms. The average molecular weight is 474 g/mol. The highest BCUT2D eigenvalue weighted by molar-refractivity contribution is 7.17. The van der Waals surface area contributed by atoms with E-state index >= 15 is 0 Å². The summed E-state index contributed by atoms with van der Waals surface area (Å²) in [5, 5.41) is 16.4. The van der Waals surface area contributed by atoms with Crippen molar-refractivity contribution in [1.82, 2.24) is 5.43 Å². The van der Waals surface area contributed by atoms with Crippen LogP contribution in [0.3, 0.4) is 0 Å². The van der Waals surface area contributed by atoms with Gasteiger partial charge in [-0.2, -0.15) is 5.10 Å². The third-order valence-corrected chi connectivity index (χ3v) is 6.26. The van der Waals surface area contributed by atoms with Crippen molar-refractivity contribution >= 4 is 40.3 Å². The number of nitrogens with one attached hydrogen (secondary N) is 2. The maximum atomic E-state index is 12.5. The number of hydrogen-bond donors (Lipinski definition) is 3. The van der Waals surface area contributed by atoms with Crippen LogP contribution in [-0.2, 0) is 27.2 Å². The summed E-state index contributed by atoms with van der Waals surface area (Å²) >= 11 is 1.31. The van der Waals surface area contributed by atoms with E-state index in [9.17, 15) is 19.5 Å². The summed E-state index contributed by atoms with van der Waals surface area (Å²) in [7, 11) is 0. The molecule has 1 aliphatic carbocycles. The molecule has 2 aromatic rings. The van der Waals surface area contributed by atoms with Gasteiger partial charge in [0, 0.05) is 4.88 Å². The van der Waals surface area contributed by atoms with Crippen molar-refractivity contribution in [3.63, 3.8) is 0 Å². The molecule has 0 fully saturated rings. The fourth-order valence-corrected chi connectivity index (χ4v) is 4.91. The van der Waals surface area contributed by atoms with Gasteiger partial charge < -0.3 is 19.9 Å². The maximum Gasteiger partial charge on any atom is 0.341 e. The first kappa shape index (κ1) is 24.2. The Hall–Kier alpha value is -3.40. The van der Waals surface area contributed by atoms with Gasteiger partial charge >= 0.3 is 17.8 Å². The highest BCUT2D eigenvalue weighted by Gasteiger charge is 2.30. The standard InChI is InChI=1S/C23H27N3O6S/c1-4-31-17-11-14(7-9-16(17)27)12-24-26-21(29)20(28)25-22-19(23(30)32-5-2)15-8-6-13(3)10-18(15)33-22/h7,9,11-13,27H,4-6,8,10H2,1-3H3,(H,25,28)(H,26,29)/b24-12-/t13-/m1/s1. The fourth-order valence-electron chi connectivity index (χ4n) is 3.52. The minimum atomic E-state index is -0.982. The lowest BCUT2D eigenvalue weighted by Crippen LogP contribution is -2.32. The van der Waals surface area contributed by atoms with E-state index in [1.54, 1.807) is 26.0 Å². The maximum absolute atomic E-state index is 12.5. The number of carbonyl (C=O) groups excluding carboxylic acids is 3. The van der Waals surface area contributed by atoms with Gasteiger partial charge in [-0.1, -0.05) is 6.92 Å². The monoisotopic (exact) mass is 473 g/mol. The molecule has 176 valence electrons. The van der Waals surface area contributed by atoms with Crippen LogP contribution in [0.1, 0.15) is 53.6 Å². The molecule has 0 aliphatic heterocycles. The molecular weight excluding hydrogens is 446 g/mol. The van der Waals surface area contributed by atoms with Crippen LogP contribution in [0, 0.1) is 5.92 Å². The molecule has 1 aromatic heterocycles. The molecule has 0 radical (unpaired) electrons. The molecule has 0 bridgehead atoms. The van der Waals surface area contributed by atoms with Crippen LogP contribution in [0.15, 0.2) is 23.3 Å². The smallest absolute Gasteiger partial charge is 0.341 e. The Labute approximate surface area is 195 Å². The number of hydrazone groups is 1. The van der Waals surface area contributed by atoms with E-state index in [-0.39, 0.29) is 18.1 Å². The summed E-state index contributed by atoms with van der Waals surface area (Å²) in [5.41, 5.74) is 3.95. The Bertz CT molecular complexity index is 1080. The third-order valence-electron chi connectivity index (χ3n) is 5.09. The fraction of sp³-hybridized carbons (Fsp3) is 0.391. The van der Waals surface area contributed by atoms with E-state index < -0.39 is 17.8 Å². The number of benzene rings is 1. The zero-order valence-corrected chi connectivity index (χ0v) is 19.6. The van der Waals surface area contributed by atoms with E-state index in [2.05, 4.69) is 22.8 Å². The first-order valence-electron chi connectivity index (χ1n) is 10.8. The van der Waals surface area contributed by atoms with Crippen LogP contribution in [0.25, 0.3) is 0 Å². The van der Waals surface area contributed by atoms with Crippen molar-refractivity contribution in [3.05, 3.63) is 39.8 Å². The number of ether oxygens (including phenoxy) is 2. The van der Waals surface area contributed by atoms with Gasteiger partial charge in [0.15, 0.2) is 11.5 Å². The number of fused-ring (bicyclic) bond motifs is 1. The minimum Gasteiger partial charge on any atom is -0.504 e. The predicted molar refractivity (Wildman–Crippen MR) is 125 cm³/mol. The number of amides is 2. The van der Waals surface area contributed by atoms with Gasteiger partial charge in [0.1, 0.15) is 5.00 Å². The second-order valence-electron chi connectivity index (χ2n) is 7.59. The zero-order chi connectivity index (χ0) is 24.0. The van der Waals surface area contributed by atoms with E-state index in [0.29, 0.717) is 28.7 Å². The largest absolute Gasteiger partial charge is 0.504 e. The Morgan fingerprint density at radius 3 is 2.76 bits per heavy atom. The molecule has 1 atom stereocenters. The lowest BCUT2D eigenvalue weighted by atomic mass is 9.88. The summed E-state index contributed by atoms with van der Waals surface area (Å²) in [4.78, 5) is 38.3. The van der Waals surface area contributed by atoms with Crippen LogP contribution in [0.5, 0.6) is 11.5 Å². The number of anilines is 1. The highest BCUT2D eigenvalue weighted by Crippen LogP contribution is 2.40. The molecule has 0 unspecified atom stereocenters.